The standard InChI is InChI=1S/C12H24O2S/c1-3-5-6-8-12-14-10-9-11(7-4-2)15(12)13/h11-12H,3-10H2,1-2H3. The molecule has 3 heteroatoms. The van der Waals surface area contributed by atoms with Crippen molar-refractivity contribution < 1.29 is 9.29 Å². The van der Waals surface area contributed by atoms with Crippen LogP contribution in [0, 0.1) is 0 Å². The zero-order valence-electron chi connectivity index (χ0n) is 10.0. The van der Waals surface area contributed by atoms with Crippen LogP contribution in [0.2, 0.25) is 0 Å². The highest BCUT2D eigenvalue weighted by molar-refractivity contribution is 7.92. The van der Waals surface area contributed by atoms with Crippen molar-refractivity contribution in [3.05, 3.63) is 0 Å². The molecule has 0 aliphatic carbocycles. The zero-order chi connectivity index (χ0) is 11.1. The first-order valence-corrected chi connectivity index (χ1v) is 7.58. The number of hydrogen-bond donors (Lipinski definition) is 0. The lowest BCUT2D eigenvalue weighted by Gasteiger charge is -2.32. The minimum atomic E-state index is -0.741. The smallest absolute Gasteiger partial charge is 0.215 e. The molecular weight excluding hydrogens is 208 g/mol. The van der Waals surface area contributed by atoms with E-state index in [2.05, 4.69) is 13.8 Å². The lowest BCUT2D eigenvalue weighted by atomic mass is 10.2. The van der Waals surface area contributed by atoms with Gasteiger partial charge in [-0.25, -0.2) is 0 Å². The van der Waals surface area contributed by atoms with E-state index in [0.29, 0.717) is 5.25 Å². The van der Waals surface area contributed by atoms with Crippen LogP contribution in [-0.4, -0.2) is 21.8 Å². The molecule has 0 saturated carbocycles. The SMILES string of the molecule is CCCCCC1OCCC(CCC)[S+]1[O-]. The average Bonchev–Trinajstić information content (AvgIpc) is 2.24. The van der Waals surface area contributed by atoms with Gasteiger partial charge in [0.2, 0.25) is 5.44 Å². The van der Waals surface area contributed by atoms with Crippen molar-refractivity contribution in [1.29, 1.82) is 0 Å². The molecule has 1 saturated heterocycles. The van der Waals surface area contributed by atoms with Crippen LogP contribution in [0.1, 0.15) is 58.8 Å². The molecule has 0 amide bonds. The van der Waals surface area contributed by atoms with Gasteiger partial charge in [0.1, 0.15) is 5.25 Å². The van der Waals surface area contributed by atoms with Gasteiger partial charge in [-0.3, -0.25) is 0 Å². The van der Waals surface area contributed by atoms with Gasteiger partial charge < -0.3 is 9.29 Å². The van der Waals surface area contributed by atoms with Crippen LogP contribution in [0.4, 0.5) is 0 Å². The van der Waals surface area contributed by atoms with Gasteiger partial charge in [-0.05, 0) is 24.0 Å². The van der Waals surface area contributed by atoms with Crippen LogP contribution in [-0.2, 0) is 15.9 Å². The minimum absolute atomic E-state index is 0.0295. The summed E-state index contributed by atoms with van der Waals surface area (Å²) in [7, 11) is 0. The third-order valence-electron chi connectivity index (χ3n) is 2.99. The lowest BCUT2D eigenvalue weighted by Crippen LogP contribution is -2.40. The fraction of sp³-hybridized carbons (Fsp3) is 1.00. The largest absolute Gasteiger partial charge is 0.614 e. The number of rotatable bonds is 6. The third kappa shape index (κ3) is 4.33. The predicted molar refractivity (Wildman–Crippen MR) is 65.3 cm³/mol. The van der Waals surface area contributed by atoms with Crippen LogP contribution in [0.15, 0.2) is 0 Å². The fourth-order valence-electron chi connectivity index (χ4n) is 2.07. The maximum atomic E-state index is 12.1. The van der Waals surface area contributed by atoms with Crippen molar-refractivity contribution in [2.24, 2.45) is 0 Å². The summed E-state index contributed by atoms with van der Waals surface area (Å²) in [6.45, 7) is 5.17. The van der Waals surface area contributed by atoms with E-state index >= 15 is 0 Å². The van der Waals surface area contributed by atoms with Gasteiger partial charge in [0.05, 0.1) is 6.61 Å². The predicted octanol–water partition coefficient (Wildman–Crippen LogP) is 3.23. The molecule has 1 aliphatic heterocycles. The molecule has 90 valence electrons. The minimum Gasteiger partial charge on any atom is -0.614 e. The molecule has 15 heavy (non-hydrogen) atoms. The molecule has 0 aromatic rings. The van der Waals surface area contributed by atoms with Crippen molar-refractivity contribution >= 4 is 11.2 Å². The van der Waals surface area contributed by atoms with Crippen molar-refractivity contribution in [2.45, 2.75) is 69.5 Å². The number of hydrogen-bond acceptors (Lipinski definition) is 2. The Morgan fingerprint density at radius 3 is 2.67 bits per heavy atom. The van der Waals surface area contributed by atoms with Gasteiger partial charge in [-0.1, -0.05) is 33.1 Å². The molecule has 3 unspecified atom stereocenters. The normalized spacial score (nSPS) is 31.8. The number of unbranched alkanes of at least 4 members (excludes halogenated alkanes) is 2. The monoisotopic (exact) mass is 232 g/mol. The van der Waals surface area contributed by atoms with Crippen molar-refractivity contribution in [3.63, 3.8) is 0 Å². The fourth-order valence-corrected chi connectivity index (χ4v) is 3.93. The topological polar surface area (TPSA) is 32.3 Å². The second kappa shape index (κ2) is 7.53. The van der Waals surface area contributed by atoms with Gasteiger partial charge in [0.15, 0.2) is 0 Å². The summed E-state index contributed by atoms with van der Waals surface area (Å²) in [5.74, 6) is 0. The van der Waals surface area contributed by atoms with Crippen LogP contribution >= 0.6 is 0 Å². The van der Waals surface area contributed by atoms with E-state index in [1.165, 1.54) is 12.8 Å². The molecule has 0 aromatic heterocycles. The Morgan fingerprint density at radius 2 is 2.00 bits per heavy atom. The summed E-state index contributed by atoms with van der Waals surface area (Å²) >= 11 is -0.741. The van der Waals surface area contributed by atoms with Gasteiger partial charge in [-0.15, -0.1) is 0 Å². The van der Waals surface area contributed by atoms with E-state index in [9.17, 15) is 4.55 Å². The Hall–Kier alpha value is 0.270. The summed E-state index contributed by atoms with van der Waals surface area (Å²) in [5.41, 5.74) is 0.0295. The Morgan fingerprint density at radius 1 is 1.20 bits per heavy atom. The molecule has 2 nitrogen and oxygen atoms in total. The molecular formula is C12H24O2S. The maximum Gasteiger partial charge on any atom is 0.215 e. The van der Waals surface area contributed by atoms with Crippen molar-refractivity contribution in [1.82, 2.24) is 0 Å². The first-order chi connectivity index (χ1) is 7.29. The van der Waals surface area contributed by atoms with E-state index in [1.54, 1.807) is 0 Å². The van der Waals surface area contributed by atoms with Gasteiger partial charge >= 0.3 is 0 Å². The highest BCUT2D eigenvalue weighted by Crippen LogP contribution is 2.27. The molecule has 0 aromatic carbocycles. The van der Waals surface area contributed by atoms with Crippen LogP contribution < -0.4 is 0 Å². The van der Waals surface area contributed by atoms with Gasteiger partial charge in [0, 0.05) is 12.8 Å². The Labute approximate surface area is 97.0 Å². The molecule has 0 spiro atoms. The van der Waals surface area contributed by atoms with E-state index in [-0.39, 0.29) is 5.44 Å². The first kappa shape index (κ1) is 13.3. The highest BCUT2D eigenvalue weighted by Gasteiger charge is 2.34. The molecule has 1 fully saturated rings. The highest BCUT2D eigenvalue weighted by atomic mass is 32.2. The lowest BCUT2D eigenvalue weighted by molar-refractivity contribution is 0.0811. The molecule has 1 rings (SSSR count). The van der Waals surface area contributed by atoms with Crippen molar-refractivity contribution in [3.8, 4) is 0 Å². The van der Waals surface area contributed by atoms with Gasteiger partial charge in [-0.2, -0.15) is 0 Å². The summed E-state index contributed by atoms with van der Waals surface area (Å²) < 4.78 is 17.7. The summed E-state index contributed by atoms with van der Waals surface area (Å²) in [4.78, 5) is 0. The summed E-state index contributed by atoms with van der Waals surface area (Å²) in [6, 6.07) is 0. The van der Waals surface area contributed by atoms with Crippen LogP contribution in [0.5, 0.6) is 0 Å². The average molecular weight is 232 g/mol. The molecule has 0 radical (unpaired) electrons. The zero-order valence-corrected chi connectivity index (χ0v) is 10.9. The first-order valence-electron chi connectivity index (χ1n) is 6.30. The van der Waals surface area contributed by atoms with Crippen molar-refractivity contribution in [2.75, 3.05) is 6.61 Å². The van der Waals surface area contributed by atoms with E-state index < -0.39 is 11.2 Å². The second-order valence-corrected chi connectivity index (χ2v) is 6.17. The van der Waals surface area contributed by atoms with E-state index in [4.69, 9.17) is 4.74 Å². The Bertz CT molecular complexity index is 162. The molecule has 0 bridgehead atoms. The summed E-state index contributed by atoms with van der Waals surface area (Å²) in [6.07, 6.45) is 7.82. The van der Waals surface area contributed by atoms with E-state index in [0.717, 1.165) is 38.7 Å². The quantitative estimate of drug-likeness (QED) is 0.520. The Balaban J connectivity index is 2.30. The molecule has 1 aliphatic rings. The number of ether oxygens (including phenoxy) is 1. The van der Waals surface area contributed by atoms with Gasteiger partial charge in [0.25, 0.3) is 0 Å². The second-order valence-electron chi connectivity index (χ2n) is 4.32. The Kier molecular flexibility index (Phi) is 6.69. The molecule has 0 N–H and O–H groups in total. The third-order valence-corrected chi connectivity index (χ3v) is 5.00. The van der Waals surface area contributed by atoms with Crippen LogP contribution in [0.3, 0.4) is 0 Å². The van der Waals surface area contributed by atoms with E-state index in [1.807, 2.05) is 0 Å². The molecule has 3 atom stereocenters. The maximum absolute atomic E-state index is 12.1. The van der Waals surface area contributed by atoms with Crippen LogP contribution in [0.25, 0.3) is 0 Å². The summed E-state index contributed by atoms with van der Waals surface area (Å²) in [5, 5.41) is 0.398. The molecule has 1 heterocycles.